The number of hydrogen-bond donors (Lipinski definition) is 4. The lowest BCUT2D eigenvalue weighted by atomic mass is 9.62. The van der Waals surface area contributed by atoms with Crippen molar-refractivity contribution >= 4 is 29.1 Å². The summed E-state index contributed by atoms with van der Waals surface area (Å²) in [6, 6.07) is 5.48. The van der Waals surface area contributed by atoms with Gasteiger partial charge in [0.15, 0.2) is 0 Å². The number of anilines is 1. The molecule has 31 heavy (non-hydrogen) atoms. The zero-order chi connectivity index (χ0) is 21.4. The van der Waals surface area contributed by atoms with Gasteiger partial charge in [0.05, 0.1) is 10.6 Å². The van der Waals surface area contributed by atoms with E-state index in [0.29, 0.717) is 35.5 Å². The molecule has 2 saturated carbocycles. The molecule has 3 rings (SSSR count). The molecule has 172 valence electrons. The van der Waals surface area contributed by atoms with Gasteiger partial charge < -0.3 is 21.3 Å². The van der Waals surface area contributed by atoms with E-state index in [1.807, 2.05) is 12.1 Å². The highest BCUT2D eigenvalue weighted by Crippen LogP contribution is 2.48. The van der Waals surface area contributed by atoms with E-state index in [0.717, 1.165) is 24.7 Å². The van der Waals surface area contributed by atoms with E-state index in [-0.39, 0.29) is 19.2 Å². The Balaban J connectivity index is 0.00000341. The predicted molar refractivity (Wildman–Crippen MR) is 127 cm³/mol. The van der Waals surface area contributed by atoms with Crippen molar-refractivity contribution in [3.8, 4) is 0 Å². The first-order valence-electron chi connectivity index (χ1n) is 11.2. The normalized spacial score (nSPS) is 22.2. The molecule has 0 aromatic heterocycles. The number of nitrogens with one attached hydrogen (secondary N) is 4. The zero-order valence-corrected chi connectivity index (χ0v) is 19.5. The first-order chi connectivity index (χ1) is 14.5. The Kier molecular flexibility index (Phi) is 10.1. The third-order valence-electron chi connectivity index (χ3n) is 6.63. The third kappa shape index (κ3) is 7.39. The van der Waals surface area contributed by atoms with Crippen molar-refractivity contribution in [3.63, 3.8) is 0 Å². The molecule has 2 aliphatic carbocycles. The van der Waals surface area contributed by atoms with E-state index in [4.69, 9.17) is 11.6 Å². The molecule has 0 aliphatic heterocycles. The largest absolute Gasteiger partial charge is 0.384 e. The molecule has 0 unspecified atom stereocenters. The van der Waals surface area contributed by atoms with E-state index in [2.05, 4.69) is 21.3 Å². The number of fused-ring (bicyclic) bond motifs is 2. The lowest BCUT2D eigenvalue weighted by molar-refractivity contribution is -0.120. The van der Waals surface area contributed by atoms with Gasteiger partial charge in [0, 0.05) is 45.3 Å². The summed E-state index contributed by atoms with van der Waals surface area (Å²) in [5.41, 5.74) is 1.68. The SMILES string of the molecule is CNC(=O)CCNCCNc1ccc(Cl)c(C(=O)NCC23CCCC(CCC2)C3)c1.[CH2]. The topological polar surface area (TPSA) is 82.3 Å². The molecular weight excluding hydrogens is 412 g/mol. The number of carbonyl (C=O) groups excluding carboxylic acids is 2. The minimum absolute atomic E-state index is 0. The summed E-state index contributed by atoms with van der Waals surface area (Å²) in [5.74, 6) is 0.792. The Morgan fingerprint density at radius 3 is 2.58 bits per heavy atom. The van der Waals surface area contributed by atoms with E-state index in [1.54, 1.807) is 13.1 Å². The van der Waals surface area contributed by atoms with Gasteiger partial charge in [-0.2, -0.15) is 0 Å². The molecule has 0 saturated heterocycles. The second-order valence-electron chi connectivity index (χ2n) is 8.83. The summed E-state index contributed by atoms with van der Waals surface area (Å²) in [6.45, 7) is 2.82. The summed E-state index contributed by atoms with van der Waals surface area (Å²) in [6.07, 6.45) is 9.47. The van der Waals surface area contributed by atoms with Crippen molar-refractivity contribution < 1.29 is 9.59 Å². The summed E-state index contributed by atoms with van der Waals surface area (Å²) >= 11 is 6.32. The summed E-state index contributed by atoms with van der Waals surface area (Å²) < 4.78 is 0. The zero-order valence-electron chi connectivity index (χ0n) is 18.7. The summed E-state index contributed by atoms with van der Waals surface area (Å²) in [4.78, 5) is 24.0. The maximum absolute atomic E-state index is 12.9. The maximum atomic E-state index is 12.9. The Hall–Kier alpha value is -1.79. The first kappa shape index (κ1) is 25.5. The van der Waals surface area contributed by atoms with E-state index >= 15 is 0 Å². The molecule has 6 nitrogen and oxygen atoms in total. The van der Waals surface area contributed by atoms with Gasteiger partial charge in [-0.15, -0.1) is 0 Å². The number of halogens is 1. The van der Waals surface area contributed by atoms with Crippen LogP contribution in [0.25, 0.3) is 0 Å². The van der Waals surface area contributed by atoms with Crippen LogP contribution in [0.5, 0.6) is 0 Å². The van der Waals surface area contributed by atoms with Crippen LogP contribution >= 0.6 is 11.6 Å². The first-order valence-corrected chi connectivity index (χ1v) is 11.6. The molecule has 1 aromatic rings. The number of rotatable bonds is 10. The molecule has 2 amide bonds. The fraction of sp³-hybridized carbons (Fsp3) is 0.625. The van der Waals surface area contributed by atoms with Crippen LogP contribution in [0.3, 0.4) is 0 Å². The minimum atomic E-state index is -0.0885. The minimum Gasteiger partial charge on any atom is -0.384 e. The molecule has 0 heterocycles. The second-order valence-corrected chi connectivity index (χ2v) is 9.24. The molecule has 4 N–H and O–H groups in total. The molecular formula is C24H37ClN4O2. The Bertz CT molecular complexity index is 730. The maximum Gasteiger partial charge on any atom is 0.252 e. The van der Waals surface area contributed by atoms with E-state index in [9.17, 15) is 9.59 Å². The van der Waals surface area contributed by atoms with Crippen molar-refractivity contribution in [2.75, 3.05) is 38.5 Å². The summed E-state index contributed by atoms with van der Waals surface area (Å²) in [7, 11) is 1.64. The Morgan fingerprint density at radius 1 is 1.13 bits per heavy atom. The number of carbonyl (C=O) groups is 2. The van der Waals surface area contributed by atoms with Gasteiger partial charge in [-0.05, 0) is 48.8 Å². The van der Waals surface area contributed by atoms with Crippen molar-refractivity contribution in [3.05, 3.63) is 36.2 Å². The van der Waals surface area contributed by atoms with Crippen molar-refractivity contribution in [1.29, 1.82) is 0 Å². The number of amides is 2. The van der Waals surface area contributed by atoms with Crippen LogP contribution in [-0.2, 0) is 4.79 Å². The van der Waals surface area contributed by atoms with E-state index < -0.39 is 0 Å². The second kappa shape index (κ2) is 12.3. The van der Waals surface area contributed by atoms with Gasteiger partial charge in [-0.1, -0.05) is 44.7 Å². The molecule has 2 radical (unpaired) electrons. The predicted octanol–water partition coefficient (Wildman–Crippen LogP) is 3.90. The van der Waals surface area contributed by atoms with Gasteiger partial charge in [-0.3, -0.25) is 9.59 Å². The van der Waals surface area contributed by atoms with Crippen LogP contribution in [0.2, 0.25) is 5.02 Å². The molecule has 1 aromatic carbocycles. The molecule has 2 aliphatic rings. The van der Waals surface area contributed by atoms with Crippen molar-refractivity contribution in [2.45, 2.75) is 51.4 Å². The number of hydrogen-bond acceptors (Lipinski definition) is 4. The summed E-state index contributed by atoms with van der Waals surface area (Å²) in [5, 5.41) is 12.8. The van der Waals surface area contributed by atoms with E-state index in [1.165, 1.54) is 44.9 Å². The lowest BCUT2D eigenvalue weighted by Gasteiger charge is -2.45. The van der Waals surface area contributed by atoms with Crippen LogP contribution in [0.4, 0.5) is 5.69 Å². The van der Waals surface area contributed by atoms with Gasteiger partial charge in [0.25, 0.3) is 5.91 Å². The lowest BCUT2D eigenvalue weighted by Crippen LogP contribution is -2.43. The Labute approximate surface area is 192 Å². The number of benzene rings is 1. The van der Waals surface area contributed by atoms with Gasteiger partial charge in [0.1, 0.15) is 0 Å². The molecule has 0 spiro atoms. The van der Waals surface area contributed by atoms with Crippen LogP contribution in [0.1, 0.15) is 61.7 Å². The smallest absolute Gasteiger partial charge is 0.252 e. The van der Waals surface area contributed by atoms with Gasteiger partial charge in [0.2, 0.25) is 5.91 Å². The van der Waals surface area contributed by atoms with Crippen LogP contribution in [0.15, 0.2) is 18.2 Å². The highest BCUT2D eigenvalue weighted by atomic mass is 35.5. The average Bonchev–Trinajstić information content (AvgIpc) is 2.75. The van der Waals surface area contributed by atoms with Gasteiger partial charge >= 0.3 is 0 Å². The standard InChI is InChI=1S/C23H35ClN4O2.CH2/c1-25-21(29)8-11-26-12-13-27-18-6-7-20(24)19(14-18)22(30)28-16-23-9-2-4-17(15-23)5-3-10-23;/h6-7,14,17,26-27H,2-5,8-13,15-16H2,1H3,(H,25,29)(H,28,30);1H2. The quantitative estimate of drug-likeness (QED) is 0.409. The third-order valence-corrected chi connectivity index (χ3v) is 6.96. The van der Waals surface area contributed by atoms with Crippen LogP contribution < -0.4 is 21.3 Å². The molecule has 7 heteroatoms. The van der Waals surface area contributed by atoms with Crippen LogP contribution in [-0.4, -0.2) is 45.0 Å². The average molecular weight is 449 g/mol. The molecule has 0 atom stereocenters. The van der Waals surface area contributed by atoms with Gasteiger partial charge in [-0.25, -0.2) is 0 Å². The highest BCUT2D eigenvalue weighted by molar-refractivity contribution is 6.34. The van der Waals surface area contributed by atoms with Crippen molar-refractivity contribution in [1.82, 2.24) is 16.0 Å². The fourth-order valence-corrected chi connectivity index (χ4v) is 5.19. The highest BCUT2D eigenvalue weighted by Gasteiger charge is 2.39. The van der Waals surface area contributed by atoms with Crippen LogP contribution in [0, 0.1) is 18.8 Å². The Morgan fingerprint density at radius 2 is 1.87 bits per heavy atom. The fourth-order valence-electron chi connectivity index (χ4n) is 4.99. The molecule has 2 fully saturated rings. The van der Waals surface area contributed by atoms with Crippen molar-refractivity contribution in [2.24, 2.45) is 11.3 Å². The monoisotopic (exact) mass is 448 g/mol. The molecule has 2 bridgehead atoms.